The molecule has 0 spiro atoms. The molecule has 7 heteroatoms. The molecule has 2 aromatic rings. The van der Waals surface area contributed by atoms with Gasteiger partial charge in [0, 0.05) is 18.8 Å². The molecule has 2 aromatic carbocycles. The van der Waals surface area contributed by atoms with Crippen molar-refractivity contribution in [2.45, 2.75) is 13.8 Å². The van der Waals surface area contributed by atoms with E-state index in [4.69, 9.17) is 0 Å². The summed E-state index contributed by atoms with van der Waals surface area (Å²) in [6, 6.07) is 11.8. The molecule has 1 fully saturated rings. The molecular weight excluding hydrogens is 361 g/mol. The number of anilines is 2. The van der Waals surface area contributed by atoms with E-state index in [9.17, 15) is 18.8 Å². The standard InChI is InChI=1S/C21H20FN3O3/c1-3-24(4-2)15-11-9-14(10-12-15)13-16-19(26)23-21(28)25(20(16)27)18-8-6-5-7-17(18)22/h5-13H,3-4H2,1-2H3,(H,23,26,28)/b16-13+. The van der Waals surface area contributed by atoms with Crippen LogP contribution in [0, 0.1) is 5.82 Å². The van der Waals surface area contributed by atoms with Gasteiger partial charge in [0.1, 0.15) is 11.4 Å². The number of para-hydroxylation sites is 1. The lowest BCUT2D eigenvalue weighted by Crippen LogP contribution is -2.54. The summed E-state index contributed by atoms with van der Waals surface area (Å²) in [5.41, 5.74) is 1.20. The van der Waals surface area contributed by atoms with Crippen molar-refractivity contribution in [1.82, 2.24) is 5.32 Å². The molecule has 144 valence electrons. The molecule has 1 heterocycles. The van der Waals surface area contributed by atoms with Crippen molar-refractivity contribution in [3.05, 3.63) is 65.5 Å². The SMILES string of the molecule is CCN(CC)c1ccc(/C=C2\C(=O)NC(=O)N(c3ccccc3F)C2=O)cc1. The Morgan fingerprint density at radius 2 is 1.64 bits per heavy atom. The van der Waals surface area contributed by atoms with Crippen LogP contribution in [-0.4, -0.2) is 30.9 Å². The van der Waals surface area contributed by atoms with Crippen LogP contribution in [0.1, 0.15) is 19.4 Å². The molecule has 1 aliphatic heterocycles. The summed E-state index contributed by atoms with van der Waals surface area (Å²) in [6.45, 7) is 5.83. The Kier molecular flexibility index (Phi) is 5.54. The topological polar surface area (TPSA) is 69.7 Å². The molecule has 0 aromatic heterocycles. The molecule has 3 rings (SSSR count). The van der Waals surface area contributed by atoms with Gasteiger partial charge in [-0.15, -0.1) is 0 Å². The van der Waals surface area contributed by atoms with Crippen LogP contribution in [0.15, 0.2) is 54.1 Å². The molecule has 1 aliphatic rings. The number of imide groups is 2. The lowest BCUT2D eigenvalue weighted by atomic mass is 10.1. The van der Waals surface area contributed by atoms with Crippen molar-refractivity contribution in [2.24, 2.45) is 0 Å². The van der Waals surface area contributed by atoms with Crippen LogP contribution in [0.3, 0.4) is 0 Å². The second-order valence-corrected chi connectivity index (χ2v) is 6.17. The number of benzene rings is 2. The van der Waals surface area contributed by atoms with Crippen LogP contribution in [0.4, 0.5) is 20.6 Å². The Bertz CT molecular complexity index is 950. The normalized spacial score (nSPS) is 15.8. The van der Waals surface area contributed by atoms with Gasteiger partial charge in [0.2, 0.25) is 0 Å². The van der Waals surface area contributed by atoms with Crippen LogP contribution in [0.25, 0.3) is 6.08 Å². The number of barbiturate groups is 1. The molecule has 0 aliphatic carbocycles. The number of nitrogens with one attached hydrogen (secondary N) is 1. The maximum atomic E-state index is 14.1. The predicted octanol–water partition coefficient (Wildman–Crippen LogP) is 3.34. The Morgan fingerprint density at radius 1 is 1.00 bits per heavy atom. The maximum absolute atomic E-state index is 14.1. The zero-order valence-corrected chi connectivity index (χ0v) is 15.6. The minimum Gasteiger partial charge on any atom is -0.372 e. The van der Waals surface area contributed by atoms with E-state index in [1.807, 2.05) is 12.1 Å². The minimum absolute atomic E-state index is 0.208. The fourth-order valence-electron chi connectivity index (χ4n) is 3.05. The average Bonchev–Trinajstić information content (AvgIpc) is 2.68. The number of carbonyl (C=O) groups excluding carboxylic acids is 3. The first kappa shape index (κ1) is 19.3. The molecule has 0 radical (unpaired) electrons. The van der Waals surface area contributed by atoms with Gasteiger partial charge in [-0.05, 0) is 49.8 Å². The van der Waals surface area contributed by atoms with Gasteiger partial charge in [0.15, 0.2) is 0 Å². The van der Waals surface area contributed by atoms with Crippen LogP contribution in [0.2, 0.25) is 0 Å². The van der Waals surface area contributed by atoms with Crippen LogP contribution in [0.5, 0.6) is 0 Å². The summed E-state index contributed by atoms with van der Waals surface area (Å²) in [4.78, 5) is 39.9. The zero-order valence-electron chi connectivity index (χ0n) is 15.6. The zero-order chi connectivity index (χ0) is 20.3. The van der Waals surface area contributed by atoms with Gasteiger partial charge in [-0.3, -0.25) is 14.9 Å². The van der Waals surface area contributed by atoms with Gasteiger partial charge in [0.25, 0.3) is 11.8 Å². The van der Waals surface area contributed by atoms with Gasteiger partial charge < -0.3 is 4.90 Å². The van der Waals surface area contributed by atoms with Gasteiger partial charge in [0.05, 0.1) is 5.69 Å². The van der Waals surface area contributed by atoms with Gasteiger partial charge >= 0.3 is 6.03 Å². The predicted molar refractivity (Wildman–Crippen MR) is 105 cm³/mol. The first-order valence-corrected chi connectivity index (χ1v) is 8.97. The Hall–Kier alpha value is -3.48. The number of carbonyl (C=O) groups is 3. The minimum atomic E-state index is -0.978. The summed E-state index contributed by atoms with van der Waals surface area (Å²) >= 11 is 0. The van der Waals surface area contributed by atoms with Crippen LogP contribution >= 0.6 is 0 Å². The summed E-state index contributed by atoms with van der Waals surface area (Å²) in [7, 11) is 0. The third-order valence-corrected chi connectivity index (χ3v) is 4.53. The molecule has 6 nitrogen and oxygen atoms in total. The molecule has 0 unspecified atom stereocenters. The average molecular weight is 381 g/mol. The third kappa shape index (κ3) is 3.64. The number of rotatable bonds is 5. The highest BCUT2D eigenvalue weighted by molar-refractivity contribution is 6.39. The molecule has 0 atom stereocenters. The molecule has 28 heavy (non-hydrogen) atoms. The fraction of sp³-hybridized carbons (Fsp3) is 0.190. The van der Waals surface area contributed by atoms with Gasteiger partial charge in [-0.2, -0.15) is 0 Å². The van der Waals surface area contributed by atoms with Crippen molar-refractivity contribution < 1.29 is 18.8 Å². The summed E-state index contributed by atoms with van der Waals surface area (Å²) in [6.07, 6.45) is 1.39. The highest BCUT2D eigenvalue weighted by Crippen LogP contribution is 2.25. The smallest absolute Gasteiger partial charge is 0.336 e. The van der Waals surface area contributed by atoms with Crippen LogP contribution < -0.4 is 15.1 Å². The quantitative estimate of drug-likeness (QED) is 0.637. The summed E-state index contributed by atoms with van der Waals surface area (Å²) in [5.74, 6) is -2.41. The van der Waals surface area contributed by atoms with E-state index in [1.54, 1.807) is 12.1 Å². The first-order valence-electron chi connectivity index (χ1n) is 8.97. The van der Waals surface area contributed by atoms with E-state index in [1.165, 1.54) is 24.3 Å². The lowest BCUT2D eigenvalue weighted by Gasteiger charge is -2.26. The van der Waals surface area contributed by atoms with Crippen molar-refractivity contribution in [2.75, 3.05) is 22.9 Å². The van der Waals surface area contributed by atoms with Crippen molar-refractivity contribution in [3.63, 3.8) is 0 Å². The second kappa shape index (κ2) is 8.04. The summed E-state index contributed by atoms with van der Waals surface area (Å²) < 4.78 is 14.1. The molecule has 0 saturated carbocycles. The van der Waals surface area contributed by atoms with E-state index in [0.717, 1.165) is 24.8 Å². The van der Waals surface area contributed by atoms with E-state index < -0.39 is 23.7 Å². The lowest BCUT2D eigenvalue weighted by molar-refractivity contribution is -0.122. The van der Waals surface area contributed by atoms with E-state index in [-0.39, 0.29) is 11.3 Å². The molecule has 0 bridgehead atoms. The molecule has 1 saturated heterocycles. The molecular formula is C21H20FN3O3. The monoisotopic (exact) mass is 381 g/mol. The Balaban J connectivity index is 1.94. The van der Waals surface area contributed by atoms with E-state index in [2.05, 4.69) is 24.1 Å². The number of urea groups is 1. The molecule has 4 amide bonds. The first-order chi connectivity index (χ1) is 13.5. The van der Waals surface area contributed by atoms with E-state index >= 15 is 0 Å². The van der Waals surface area contributed by atoms with E-state index in [0.29, 0.717) is 10.5 Å². The van der Waals surface area contributed by atoms with Gasteiger partial charge in [-0.1, -0.05) is 24.3 Å². The molecule has 1 N–H and O–H groups in total. The Morgan fingerprint density at radius 3 is 2.25 bits per heavy atom. The van der Waals surface area contributed by atoms with Crippen LogP contribution in [-0.2, 0) is 9.59 Å². The maximum Gasteiger partial charge on any atom is 0.336 e. The van der Waals surface area contributed by atoms with Crippen molar-refractivity contribution in [1.29, 1.82) is 0 Å². The Labute approximate surface area is 162 Å². The van der Waals surface area contributed by atoms with Crippen molar-refractivity contribution >= 4 is 35.3 Å². The number of hydrogen-bond acceptors (Lipinski definition) is 4. The number of halogens is 1. The number of nitrogens with zero attached hydrogens (tertiary/aromatic N) is 2. The third-order valence-electron chi connectivity index (χ3n) is 4.53. The highest BCUT2D eigenvalue weighted by Gasteiger charge is 2.37. The highest BCUT2D eigenvalue weighted by atomic mass is 19.1. The van der Waals surface area contributed by atoms with Gasteiger partial charge in [-0.25, -0.2) is 14.1 Å². The summed E-state index contributed by atoms with van der Waals surface area (Å²) in [5, 5.41) is 2.09. The number of hydrogen-bond donors (Lipinski definition) is 1. The number of amides is 4. The van der Waals surface area contributed by atoms with Crippen molar-refractivity contribution in [3.8, 4) is 0 Å². The second-order valence-electron chi connectivity index (χ2n) is 6.17. The largest absolute Gasteiger partial charge is 0.372 e. The fourth-order valence-corrected chi connectivity index (χ4v) is 3.05.